The van der Waals surface area contributed by atoms with Crippen molar-refractivity contribution in [3.05, 3.63) is 53.2 Å². The predicted octanol–water partition coefficient (Wildman–Crippen LogP) is 6.06. The van der Waals surface area contributed by atoms with E-state index >= 15 is 0 Å². The van der Waals surface area contributed by atoms with E-state index in [1.54, 1.807) is 0 Å². The molecule has 0 atom stereocenters. The number of thiazole rings is 1. The highest BCUT2D eigenvalue weighted by Crippen LogP contribution is 2.29. The van der Waals surface area contributed by atoms with Gasteiger partial charge in [0.25, 0.3) is 0 Å². The van der Waals surface area contributed by atoms with E-state index in [1.165, 1.54) is 66.3 Å². The molecule has 3 aromatic rings. The number of amides is 1. The Bertz CT molecular complexity index is 1110. The van der Waals surface area contributed by atoms with Crippen molar-refractivity contribution in [2.45, 2.75) is 64.1 Å². The van der Waals surface area contributed by atoms with Crippen LogP contribution in [0.15, 0.2) is 41.4 Å². The SMILES string of the molecule is C=CCn1c(CC2CCCCC2)nnc1SCC(=O)Nc1nc(-c2ccc(C)c(C)c2)cs1. The molecular formula is C25H31N5OS2. The number of aromatic nitrogens is 4. The summed E-state index contributed by atoms with van der Waals surface area (Å²) in [5.41, 5.74) is 4.43. The molecule has 0 unspecified atom stereocenters. The first kappa shape index (κ1) is 23.7. The summed E-state index contributed by atoms with van der Waals surface area (Å²) in [6.07, 6.45) is 9.31. The van der Waals surface area contributed by atoms with Crippen LogP contribution in [0.4, 0.5) is 5.13 Å². The van der Waals surface area contributed by atoms with Gasteiger partial charge in [-0.1, -0.05) is 62.1 Å². The van der Waals surface area contributed by atoms with Crippen LogP contribution < -0.4 is 5.32 Å². The third kappa shape index (κ3) is 6.12. The number of benzene rings is 1. The van der Waals surface area contributed by atoms with Crippen LogP contribution in [0.5, 0.6) is 0 Å². The average Bonchev–Trinajstić information content (AvgIpc) is 3.43. The Labute approximate surface area is 203 Å². The molecule has 174 valence electrons. The molecule has 2 heterocycles. The van der Waals surface area contributed by atoms with Gasteiger partial charge in [0.05, 0.1) is 11.4 Å². The number of carbonyl (C=O) groups excluding carboxylic acids is 1. The van der Waals surface area contributed by atoms with Gasteiger partial charge in [-0.25, -0.2) is 4.98 Å². The third-order valence-electron chi connectivity index (χ3n) is 6.19. The Morgan fingerprint density at radius 1 is 1.24 bits per heavy atom. The van der Waals surface area contributed by atoms with Crippen LogP contribution in [-0.4, -0.2) is 31.4 Å². The van der Waals surface area contributed by atoms with Gasteiger partial charge in [-0.3, -0.25) is 4.79 Å². The number of anilines is 1. The number of hydrogen-bond donors (Lipinski definition) is 1. The second kappa shape index (κ2) is 11.1. The third-order valence-corrected chi connectivity index (χ3v) is 7.91. The van der Waals surface area contributed by atoms with E-state index in [9.17, 15) is 4.79 Å². The summed E-state index contributed by atoms with van der Waals surface area (Å²) in [6, 6.07) is 6.29. The van der Waals surface area contributed by atoms with Crippen molar-refractivity contribution in [1.29, 1.82) is 0 Å². The van der Waals surface area contributed by atoms with Crippen molar-refractivity contribution < 1.29 is 4.79 Å². The van der Waals surface area contributed by atoms with Crippen LogP contribution in [0.3, 0.4) is 0 Å². The van der Waals surface area contributed by atoms with Crippen LogP contribution in [0.25, 0.3) is 11.3 Å². The topological polar surface area (TPSA) is 72.7 Å². The summed E-state index contributed by atoms with van der Waals surface area (Å²) >= 11 is 2.85. The number of allylic oxidation sites excluding steroid dienone is 1. The predicted molar refractivity (Wildman–Crippen MR) is 137 cm³/mol. The zero-order valence-electron chi connectivity index (χ0n) is 19.3. The lowest BCUT2D eigenvalue weighted by atomic mass is 9.87. The van der Waals surface area contributed by atoms with Crippen LogP contribution in [-0.2, 0) is 17.8 Å². The Morgan fingerprint density at radius 3 is 2.82 bits per heavy atom. The summed E-state index contributed by atoms with van der Waals surface area (Å²) in [5, 5.41) is 15.1. The summed E-state index contributed by atoms with van der Waals surface area (Å²) < 4.78 is 2.10. The molecular weight excluding hydrogens is 450 g/mol. The first-order valence-electron chi connectivity index (χ1n) is 11.5. The molecule has 1 N–H and O–H groups in total. The molecule has 8 heteroatoms. The van der Waals surface area contributed by atoms with Crippen LogP contribution in [0.2, 0.25) is 0 Å². The van der Waals surface area contributed by atoms with E-state index in [-0.39, 0.29) is 11.7 Å². The molecule has 1 saturated carbocycles. The van der Waals surface area contributed by atoms with Crippen molar-refractivity contribution in [3.8, 4) is 11.3 Å². The molecule has 6 nitrogen and oxygen atoms in total. The van der Waals surface area contributed by atoms with Crippen molar-refractivity contribution in [1.82, 2.24) is 19.7 Å². The van der Waals surface area contributed by atoms with E-state index in [1.807, 2.05) is 11.5 Å². The zero-order valence-corrected chi connectivity index (χ0v) is 21.0. The second-order valence-electron chi connectivity index (χ2n) is 8.68. The average molecular weight is 482 g/mol. The lowest BCUT2D eigenvalue weighted by Crippen LogP contribution is -2.15. The van der Waals surface area contributed by atoms with Crippen molar-refractivity contribution in [2.75, 3.05) is 11.1 Å². The number of nitrogens with one attached hydrogen (secondary N) is 1. The molecule has 0 spiro atoms. The fraction of sp³-hybridized carbons (Fsp3) is 0.440. The van der Waals surface area contributed by atoms with Gasteiger partial charge in [-0.05, 0) is 37.0 Å². The minimum atomic E-state index is -0.0945. The highest BCUT2D eigenvalue weighted by Gasteiger charge is 2.20. The highest BCUT2D eigenvalue weighted by atomic mass is 32.2. The fourth-order valence-corrected chi connectivity index (χ4v) is 5.69. The van der Waals surface area contributed by atoms with Gasteiger partial charge in [-0.15, -0.1) is 28.1 Å². The van der Waals surface area contributed by atoms with Gasteiger partial charge in [0, 0.05) is 23.9 Å². The standard InChI is InChI=1S/C25H31N5OS2/c1-4-12-30-22(14-19-8-6-5-7-9-19)28-29-25(30)33-16-23(31)27-24-26-21(15-32-24)20-11-10-17(2)18(3)13-20/h4,10-11,13,15,19H,1,5-9,12,14,16H2,2-3H3,(H,26,27,31). The second-order valence-corrected chi connectivity index (χ2v) is 10.5. The molecule has 4 rings (SSSR count). The van der Waals surface area contributed by atoms with Gasteiger partial charge in [0.2, 0.25) is 5.91 Å². The number of carbonyl (C=O) groups is 1. The van der Waals surface area contributed by atoms with Gasteiger partial charge in [-0.2, -0.15) is 0 Å². The monoisotopic (exact) mass is 481 g/mol. The summed E-state index contributed by atoms with van der Waals surface area (Å²) in [6.45, 7) is 8.73. The molecule has 1 amide bonds. The molecule has 1 fully saturated rings. The molecule has 0 radical (unpaired) electrons. The number of hydrogen-bond acceptors (Lipinski definition) is 6. The normalized spacial score (nSPS) is 14.4. The Kier molecular flexibility index (Phi) is 7.98. The van der Waals surface area contributed by atoms with Gasteiger partial charge >= 0.3 is 0 Å². The molecule has 1 aliphatic rings. The van der Waals surface area contributed by atoms with Crippen LogP contribution >= 0.6 is 23.1 Å². The summed E-state index contributed by atoms with van der Waals surface area (Å²) in [5.74, 6) is 1.85. The van der Waals surface area contributed by atoms with E-state index < -0.39 is 0 Å². The number of nitrogens with zero attached hydrogens (tertiary/aromatic N) is 4. The number of rotatable bonds is 9. The maximum atomic E-state index is 12.6. The molecule has 1 aliphatic carbocycles. The minimum absolute atomic E-state index is 0.0945. The van der Waals surface area contributed by atoms with Crippen molar-refractivity contribution in [3.63, 3.8) is 0 Å². The van der Waals surface area contributed by atoms with Crippen LogP contribution in [0.1, 0.15) is 49.1 Å². The fourth-order valence-electron chi connectivity index (χ4n) is 4.19. The number of thioether (sulfide) groups is 1. The zero-order chi connectivity index (χ0) is 23.2. The molecule has 0 bridgehead atoms. The van der Waals surface area contributed by atoms with Gasteiger partial charge in [0.15, 0.2) is 10.3 Å². The minimum Gasteiger partial charge on any atom is -0.302 e. The van der Waals surface area contributed by atoms with Crippen LogP contribution in [0, 0.1) is 19.8 Å². The molecule has 0 saturated heterocycles. The first-order chi connectivity index (χ1) is 16.0. The summed E-state index contributed by atoms with van der Waals surface area (Å²) in [7, 11) is 0. The van der Waals surface area contributed by atoms with E-state index in [2.05, 4.69) is 63.7 Å². The lowest BCUT2D eigenvalue weighted by Gasteiger charge is -2.21. The van der Waals surface area contributed by atoms with Crippen molar-refractivity contribution in [2.24, 2.45) is 5.92 Å². The van der Waals surface area contributed by atoms with Gasteiger partial charge in [0.1, 0.15) is 5.82 Å². The maximum absolute atomic E-state index is 12.6. The van der Waals surface area contributed by atoms with E-state index in [0.29, 0.717) is 17.6 Å². The van der Waals surface area contributed by atoms with Gasteiger partial charge < -0.3 is 9.88 Å². The van der Waals surface area contributed by atoms with E-state index in [0.717, 1.165) is 28.7 Å². The quantitative estimate of drug-likeness (QED) is 0.297. The van der Waals surface area contributed by atoms with Crippen molar-refractivity contribution >= 4 is 34.1 Å². The largest absolute Gasteiger partial charge is 0.302 e. The molecule has 2 aromatic heterocycles. The Hall–Kier alpha value is -2.45. The molecule has 0 aliphatic heterocycles. The molecule has 33 heavy (non-hydrogen) atoms. The lowest BCUT2D eigenvalue weighted by molar-refractivity contribution is -0.113. The highest BCUT2D eigenvalue weighted by molar-refractivity contribution is 7.99. The number of aryl methyl sites for hydroxylation is 2. The smallest absolute Gasteiger partial charge is 0.236 e. The van der Waals surface area contributed by atoms with E-state index in [4.69, 9.17) is 0 Å². The first-order valence-corrected chi connectivity index (χ1v) is 13.4. The maximum Gasteiger partial charge on any atom is 0.236 e. The Balaban J connectivity index is 1.35. The Morgan fingerprint density at radius 2 is 2.06 bits per heavy atom. The molecule has 1 aromatic carbocycles. The summed E-state index contributed by atoms with van der Waals surface area (Å²) in [4.78, 5) is 17.2.